The molecule has 0 saturated heterocycles. The van der Waals surface area contributed by atoms with E-state index >= 15 is 0 Å². The second kappa shape index (κ2) is 3.46. The molecule has 82 valence electrons. The number of halogens is 8. The summed E-state index contributed by atoms with van der Waals surface area (Å²) in [4.78, 5) is 0. The zero-order chi connectivity index (χ0) is 11.8. The van der Waals surface area contributed by atoms with Gasteiger partial charge in [-0.25, -0.2) is 4.39 Å². The fourth-order valence-electron chi connectivity index (χ4n) is 0.429. The van der Waals surface area contributed by atoms with E-state index in [0.717, 1.165) is 0 Å². The number of nitrogens with zero attached hydrogens (tertiary/aromatic N) is 1. The molecule has 0 heterocycles. The molecule has 0 radical (unpaired) electrons. The highest BCUT2D eigenvalue weighted by Crippen LogP contribution is 2.49. The first-order chi connectivity index (χ1) is 5.98. The summed E-state index contributed by atoms with van der Waals surface area (Å²) in [5.74, 6) is -12.0. The van der Waals surface area contributed by atoms with Crippen molar-refractivity contribution >= 4 is 11.6 Å². The van der Waals surface area contributed by atoms with Gasteiger partial charge < -0.3 is 0 Å². The maximum Gasteiger partial charge on any atom is 0.390 e. The van der Waals surface area contributed by atoms with E-state index in [9.17, 15) is 30.7 Å². The van der Waals surface area contributed by atoms with Gasteiger partial charge >= 0.3 is 17.2 Å². The molecule has 0 aliphatic rings. The Kier molecular flexibility index (Phi) is 3.28. The van der Waals surface area contributed by atoms with Crippen LogP contribution in [0.3, 0.4) is 0 Å². The van der Waals surface area contributed by atoms with Gasteiger partial charge in [0.15, 0.2) is 0 Å². The van der Waals surface area contributed by atoms with Crippen LogP contribution in [0.15, 0.2) is 0 Å². The summed E-state index contributed by atoms with van der Waals surface area (Å²) in [6, 6.07) is 0.0948. The van der Waals surface area contributed by atoms with Gasteiger partial charge in [-0.1, -0.05) is 0 Å². The summed E-state index contributed by atoms with van der Waals surface area (Å²) in [7, 11) is 0. The minimum absolute atomic E-state index is 0.0948. The molecule has 1 unspecified atom stereocenters. The minimum atomic E-state index is -6.14. The van der Waals surface area contributed by atoms with Crippen molar-refractivity contribution in [3.05, 3.63) is 0 Å². The standard InChI is InChI=1S/C5HClF7N/c6-5(12,13)4(10,11)3(8,9)2(7)1-14/h2H. The molecule has 0 fully saturated rings. The molecule has 0 saturated carbocycles. The van der Waals surface area contributed by atoms with Crippen molar-refractivity contribution in [3.8, 4) is 6.07 Å². The first kappa shape index (κ1) is 13.3. The van der Waals surface area contributed by atoms with Crippen LogP contribution >= 0.6 is 11.6 Å². The van der Waals surface area contributed by atoms with Crippen LogP contribution in [0.5, 0.6) is 0 Å². The normalized spacial score (nSPS) is 16.2. The molecule has 0 aromatic heterocycles. The Hall–Kier alpha value is -0.710. The third-order valence-electron chi connectivity index (χ3n) is 1.21. The lowest BCUT2D eigenvalue weighted by atomic mass is 10.1. The smallest absolute Gasteiger partial charge is 0.224 e. The second-order valence-corrected chi connectivity index (χ2v) is 2.66. The van der Waals surface area contributed by atoms with Gasteiger partial charge in [0.05, 0.1) is 0 Å². The SMILES string of the molecule is N#CC(F)C(F)(F)C(F)(F)C(F)(F)Cl. The Morgan fingerprint density at radius 2 is 1.43 bits per heavy atom. The van der Waals surface area contributed by atoms with Crippen molar-refractivity contribution in [2.24, 2.45) is 0 Å². The van der Waals surface area contributed by atoms with Crippen molar-refractivity contribution < 1.29 is 30.7 Å². The summed E-state index contributed by atoms with van der Waals surface area (Å²) >= 11 is 3.67. The summed E-state index contributed by atoms with van der Waals surface area (Å²) < 4.78 is 84.1. The molecule has 0 aromatic carbocycles. The molecule has 14 heavy (non-hydrogen) atoms. The Labute approximate surface area is 78.1 Å². The predicted octanol–water partition coefficient (Wildman–Crippen LogP) is 2.95. The third kappa shape index (κ3) is 1.87. The van der Waals surface area contributed by atoms with Gasteiger partial charge in [0, 0.05) is 0 Å². The number of nitriles is 1. The van der Waals surface area contributed by atoms with E-state index in [0.29, 0.717) is 0 Å². The second-order valence-electron chi connectivity index (χ2n) is 2.19. The van der Waals surface area contributed by atoms with Crippen molar-refractivity contribution in [2.45, 2.75) is 23.4 Å². The Bertz CT molecular complexity index is 252. The quantitative estimate of drug-likeness (QED) is 0.552. The van der Waals surface area contributed by atoms with E-state index in [1.807, 2.05) is 0 Å². The number of hydrogen-bond donors (Lipinski definition) is 0. The molecule has 9 heteroatoms. The van der Waals surface area contributed by atoms with Crippen molar-refractivity contribution in [3.63, 3.8) is 0 Å². The van der Waals surface area contributed by atoms with E-state index in [1.54, 1.807) is 0 Å². The zero-order valence-corrected chi connectivity index (χ0v) is 6.80. The van der Waals surface area contributed by atoms with Gasteiger partial charge in [0.25, 0.3) is 6.17 Å². The average Bonchev–Trinajstić information content (AvgIpc) is 2.00. The van der Waals surface area contributed by atoms with Crippen LogP contribution in [0.25, 0.3) is 0 Å². The van der Waals surface area contributed by atoms with Gasteiger partial charge in [-0.15, -0.1) is 0 Å². The maximum atomic E-state index is 12.2. The Morgan fingerprint density at radius 3 is 1.64 bits per heavy atom. The van der Waals surface area contributed by atoms with E-state index in [1.165, 1.54) is 0 Å². The predicted molar refractivity (Wildman–Crippen MR) is 31.2 cm³/mol. The Balaban J connectivity index is 5.20. The molecule has 0 bridgehead atoms. The molecule has 0 aliphatic heterocycles. The number of rotatable bonds is 3. The van der Waals surface area contributed by atoms with E-state index < -0.39 is 23.4 Å². The van der Waals surface area contributed by atoms with Crippen molar-refractivity contribution in [2.75, 3.05) is 0 Å². The summed E-state index contributed by atoms with van der Waals surface area (Å²) in [5, 5.41) is 1.93. The monoisotopic (exact) mass is 243 g/mol. The lowest BCUT2D eigenvalue weighted by molar-refractivity contribution is -0.292. The molecular weight excluding hydrogens is 243 g/mol. The van der Waals surface area contributed by atoms with Crippen molar-refractivity contribution in [1.29, 1.82) is 5.26 Å². The molecule has 0 aliphatic carbocycles. The molecule has 0 spiro atoms. The van der Waals surface area contributed by atoms with Crippen LogP contribution < -0.4 is 0 Å². The fraction of sp³-hybridized carbons (Fsp3) is 0.800. The first-order valence-electron chi connectivity index (χ1n) is 2.84. The van der Waals surface area contributed by atoms with E-state index in [4.69, 9.17) is 5.26 Å². The molecule has 0 amide bonds. The van der Waals surface area contributed by atoms with E-state index in [2.05, 4.69) is 11.6 Å². The highest BCUT2D eigenvalue weighted by Gasteiger charge is 2.74. The van der Waals surface area contributed by atoms with Crippen LogP contribution in [0.2, 0.25) is 0 Å². The van der Waals surface area contributed by atoms with E-state index in [-0.39, 0.29) is 6.07 Å². The van der Waals surface area contributed by atoms with Crippen LogP contribution in [-0.2, 0) is 0 Å². The van der Waals surface area contributed by atoms with Gasteiger partial charge in [0.2, 0.25) is 0 Å². The fourth-order valence-corrected chi connectivity index (χ4v) is 0.555. The van der Waals surface area contributed by atoms with Crippen LogP contribution in [0, 0.1) is 11.3 Å². The topological polar surface area (TPSA) is 23.8 Å². The summed E-state index contributed by atoms with van der Waals surface area (Å²) in [5.41, 5.74) is 0. The molecule has 1 nitrogen and oxygen atoms in total. The summed E-state index contributed by atoms with van der Waals surface area (Å²) in [6.45, 7) is 0. The molecule has 0 rings (SSSR count). The molecule has 0 aromatic rings. The maximum absolute atomic E-state index is 12.2. The third-order valence-corrected chi connectivity index (χ3v) is 1.44. The first-order valence-corrected chi connectivity index (χ1v) is 3.22. The lowest BCUT2D eigenvalue weighted by Crippen LogP contribution is -2.55. The lowest BCUT2D eigenvalue weighted by Gasteiger charge is -2.28. The summed E-state index contributed by atoms with van der Waals surface area (Å²) in [6.07, 6.45) is -4.07. The zero-order valence-electron chi connectivity index (χ0n) is 6.05. The minimum Gasteiger partial charge on any atom is -0.224 e. The molecule has 1 atom stereocenters. The number of hydrogen-bond acceptors (Lipinski definition) is 1. The van der Waals surface area contributed by atoms with Crippen LogP contribution in [0.4, 0.5) is 30.7 Å². The average molecular weight is 244 g/mol. The van der Waals surface area contributed by atoms with Crippen LogP contribution in [-0.4, -0.2) is 23.4 Å². The highest BCUT2D eigenvalue weighted by molar-refractivity contribution is 6.22. The molecular formula is C5HClF7N. The largest absolute Gasteiger partial charge is 0.390 e. The van der Waals surface area contributed by atoms with Gasteiger partial charge in [-0.3, -0.25) is 0 Å². The van der Waals surface area contributed by atoms with Gasteiger partial charge in [0.1, 0.15) is 6.07 Å². The molecule has 0 N–H and O–H groups in total. The van der Waals surface area contributed by atoms with Gasteiger partial charge in [-0.05, 0) is 11.6 Å². The Morgan fingerprint density at radius 1 is 1.07 bits per heavy atom. The number of alkyl halides is 8. The van der Waals surface area contributed by atoms with Crippen molar-refractivity contribution in [1.82, 2.24) is 0 Å². The van der Waals surface area contributed by atoms with Gasteiger partial charge in [-0.2, -0.15) is 31.6 Å². The highest BCUT2D eigenvalue weighted by atomic mass is 35.5. The van der Waals surface area contributed by atoms with Crippen LogP contribution in [0.1, 0.15) is 0 Å².